The van der Waals surface area contributed by atoms with E-state index in [2.05, 4.69) is 27.7 Å². The predicted octanol–water partition coefficient (Wildman–Crippen LogP) is 19.4. The van der Waals surface area contributed by atoms with Crippen LogP contribution in [0.4, 0.5) is 0 Å². The van der Waals surface area contributed by atoms with Crippen LogP contribution in [0, 0.1) is 5.92 Å². The normalized spacial score (nSPS) is 12.0. The van der Waals surface area contributed by atoms with Crippen molar-refractivity contribution in [2.45, 2.75) is 342 Å². The molecule has 386 valence electrons. The van der Waals surface area contributed by atoms with Crippen LogP contribution >= 0.6 is 0 Å². The van der Waals surface area contributed by atoms with Gasteiger partial charge in [0.15, 0.2) is 6.10 Å². The first-order chi connectivity index (χ1) is 31.9. The number of unbranched alkanes of at least 4 members (excludes halogenated alkanes) is 41. The summed E-state index contributed by atoms with van der Waals surface area (Å²) in [6.07, 6.45) is 58.1. The molecule has 0 unspecified atom stereocenters. The van der Waals surface area contributed by atoms with E-state index in [1.807, 2.05) is 0 Å². The lowest BCUT2D eigenvalue weighted by atomic mass is 10.0. The summed E-state index contributed by atoms with van der Waals surface area (Å²) < 4.78 is 16.9. The maximum Gasteiger partial charge on any atom is 0.306 e. The molecule has 0 saturated heterocycles. The molecule has 1 atom stereocenters. The number of carbonyl (C=O) groups is 3. The molecule has 0 aromatic heterocycles. The highest BCUT2D eigenvalue weighted by Gasteiger charge is 2.19. The van der Waals surface area contributed by atoms with E-state index in [0.717, 1.165) is 63.7 Å². The number of ether oxygens (including phenoxy) is 3. The molecule has 0 heterocycles. The van der Waals surface area contributed by atoms with Gasteiger partial charge in [0, 0.05) is 19.3 Å². The van der Waals surface area contributed by atoms with Gasteiger partial charge in [-0.05, 0) is 25.2 Å². The van der Waals surface area contributed by atoms with E-state index in [9.17, 15) is 14.4 Å². The van der Waals surface area contributed by atoms with E-state index in [1.165, 1.54) is 231 Å². The molecule has 6 heteroatoms. The average Bonchev–Trinajstić information content (AvgIpc) is 3.29. The van der Waals surface area contributed by atoms with Gasteiger partial charge in [-0.25, -0.2) is 0 Å². The fraction of sp³-hybridized carbons (Fsp3) is 0.949. The summed E-state index contributed by atoms with van der Waals surface area (Å²) in [6.45, 7) is 9.07. The summed E-state index contributed by atoms with van der Waals surface area (Å²) in [4.78, 5) is 38.1. The lowest BCUT2D eigenvalue weighted by Gasteiger charge is -2.18. The van der Waals surface area contributed by atoms with Gasteiger partial charge in [-0.1, -0.05) is 297 Å². The van der Waals surface area contributed by atoms with Gasteiger partial charge in [0.2, 0.25) is 0 Å². The second kappa shape index (κ2) is 53.4. The molecular weight excluding hydrogens is 805 g/mol. The van der Waals surface area contributed by atoms with Crippen molar-refractivity contribution in [3.05, 3.63) is 0 Å². The highest BCUT2D eigenvalue weighted by atomic mass is 16.6. The minimum Gasteiger partial charge on any atom is -0.462 e. The first kappa shape index (κ1) is 63.4. The Balaban J connectivity index is 4.25. The summed E-state index contributed by atoms with van der Waals surface area (Å²) in [7, 11) is 0. The van der Waals surface area contributed by atoms with Crippen LogP contribution in [-0.2, 0) is 28.6 Å². The van der Waals surface area contributed by atoms with E-state index in [1.54, 1.807) is 0 Å². The summed E-state index contributed by atoms with van der Waals surface area (Å²) in [5.41, 5.74) is 0. The average molecular weight is 920 g/mol. The molecule has 6 nitrogen and oxygen atoms in total. The largest absolute Gasteiger partial charge is 0.462 e. The molecule has 0 aromatic carbocycles. The third-order valence-corrected chi connectivity index (χ3v) is 13.5. The Morgan fingerprint density at radius 1 is 0.292 bits per heavy atom. The monoisotopic (exact) mass is 919 g/mol. The van der Waals surface area contributed by atoms with Crippen LogP contribution in [0.2, 0.25) is 0 Å². The molecule has 65 heavy (non-hydrogen) atoms. The van der Waals surface area contributed by atoms with Crippen LogP contribution in [0.25, 0.3) is 0 Å². The molecule has 0 amide bonds. The van der Waals surface area contributed by atoms with Crippen LogP contribution in [0.3, 0.4) is 0 Å². The molecule has 0 aromatic rings. The molecule has 0 saturated carbocycles. The van der Waals surface area contributed by atoms with Crippen molar-refractivity contribution >= 4 is 17.9 Å². The van der Waals surface area contributed by atoms with Crippen molar-refractivity contribution < 1.29 is 28.6 Å². The SMILES string of the molecule is CCCCCCCCCCCCCCCCCCCCC(=O)OC[C@@H](COC(=O)CCCCCCCCCCCCC)OC(=O)CCCCCCCCCCCCCCCCCC(C)C. The predicted molar refractivity (Wildman–Crippen MR) is 280 cm³/mol. The lowest BCUT2D eigenvalue weighted by molar-refractivity contribution is -0.167. The molecule has 0 rings (SSSR count). The quantitative estimate of drug-likeness (QED) is 0.0344. The summed E-state index contributed by atoms with van der Waals surface area (Å²) in [5, 5.41) is 0. The number of hydrogen-bond donors (Lipinski definition) is 0. The minimum absolute atomic E-state index is 0.0617. The van der Waals surface area contributed by atoms with Gasteiger partial charge < -0.3 is 14.2 Å². The zero-order valence-corrected chi connectivity index (χ0v) is 44.5. The topological polar surface area (TPSA) is 78.9 Å². The fourth-order valence-corrected chi connectivity index (χ4v) is 9.10. The Hall–Kier alpha value is -1.59. The van der Waals surface area contributed by atoms with Crippen molar-refractivity contribution in [3.63, 3.8) is 0 Å². The Morgan fingerprint density at radius 3 is 0.754 bits per heavy atom. The van der Waals surface area contributed by atoms with Crippen molar-refractivity contribution in [1.82, 2.24) is 0 Å². The summed E-state index contributed by atoms with van der Waals surface area (Å²) in [6, 6.07) is 0. The van der Waals surface area contributed by atoms with Gasteiger partial charge in [0.1, 0.15) is 13.2 Å². The standard InChI is InChI=1S/C59H114O6/c1-5-7-9-11-13-15-17-18-19-20-21-24-27-31-35-39-43-47-51-58(61)64-54-56(53-63-57(60)50-46-42-38-34-29-16-14-12-10-8-6-2)65-59(62)52-48-44-40-36-32-28-25-22-23-26-30-33-37-41-45-49-55(3)4/h55-56H,5-54H2,1-4H3/t56-/m1/s1. The van der Waals surface area contributed by atoms with Gasteiger partial charge >= 0.3 is 17.9 Å². The van der Waals surface area contributed by atoms with E-state index in [4.69, 9.17) is 14.2 Å². The Bertz CT molecular complexity index is 980. The van der Waals surface area contributed by atoms with E-state index in [0.29, 0.717) is 19.3 Å². The van der Waals surface area contributed by atoms with E-state index in [-0.39, 0.29) is 31.1 Å². The highest BCUT2D eigenvalue weighted by Crippen LogP contribution is 2.18. The smallest absolute Gasteiger partial charge is 0.306 e. The molecule has 0 spiro atoms. The minimum atomic E-state index is -0.761. The van der Waals surface area contributed by atoms with Crippen LogP contribution in [0.1, 0.15) is 336 Å². The van der Waals surface area contributed by atoms with Crippen LogP contribution in [0.15, 0.2) is 0 Å². The Labute approximate surface area is 406 Å². The molecule has 0 aliphatic carbocycles. The first-order valence-electron chi connectivity index (χ1n) is 29.4. The second-order valence-corrected chi connectivity index (χ2v) is 20.8. The fourth-order valence-electron chi connectivity index (χ4n) is 9.10. The molecule has 0 radical (unpaired) electrons. The summed E-state index contributed by atoms with van der Waals surface area (Å²) >= 11 is 0. The highest BCUT2D eigenvalue weighted by molar-refractivity contribution is 5.71. The van der Waals surface area contributed by atoms with Crippen LogP contribution < -0.4 is 0 Å². The zero-order valence-electron chi connectivity index (χ0n) is 44.5. The van der Waals surface area contributed by atoms with Gasteiger partial charge in [-0.3, -0.25) is 14.4 Å². The third-order valence-electron chi connectivity index (χ3n) is 13.5. The zero-order chi connectivity index (χ0) is 47.4. The van der Waals surface area contributed by atoms with Crippen LogP contribution in [0.5, 0.6) is 0 Å². The molecule has 0 fully saturated rings. The second-order valence-electron chi connectivity index (χ2n) is 20.8. The molecule has 0 bridgehead atoms. The Kier molecular flexibility index (Phi) is 52.1. The molecule has 0 aliphatic rings. The summed E-state index contributed by atoms with van der Waals surface area (Å²) in [5.74, 6) is 0.0128. The van der Waals surface area contributed by atoms with Gasteiger partial charge in [0.25, 0.3) is 0 Å². The number of hydrogen-bond acceptors (Lipinski definition) is 6. The van der Waals surface area contributed by atoms with E-state index < -0.39 is 6.10 Å². The first-order valence-corrected chi connectivity index (χ1v) is 29.4. The number of rotatable bonds is 54. The molecular formula is C59H114O6. The maximum absolute atomic E-state index is 12.8. The van der Waals surface area contributed by atoms with Gasteiger partial charge in [-0.2, -0.15) is 0 Å². The van der Waals surface area contributed by atoms with Crippen molar-refractivity contribution in [2.75, 3.05) is 13.2 Å². The number of carbonyl (C=O) groups excluding carboxylic acids is 3. The Morgan fingerprint density at radius 2 is 0.508 bits per heavy atom. The van der Waals surface area contributed by atoms with Crippen molar-refractivity contribution in [3.8, 4) is 0 Å². The molecule has 0 aliphatic heterocycles. The molecule has 0 N–H and O–H groups in total. The number of esters is 3. The van der Waals surface area contributed by atoms with E-state index >= 15 is 0 Å². The van der Waals surface area contributed by atoms with Crippen LogP contribution in [-0.4, -0.2) is 37.2 Å². The van der Waals surface area contributed by atoms with Crippen molar-refractivity contribution in [1.29, 1.82) is 0 Å². The maximum atomic E-state index is 12.8. The lowest BCUT2D eigenvalue weighted by Crippen LogP contribution is -2.30. The van der Waals surface area contributed by atoms with Gasteiger partial charge in [-0.15, -0.1) is 0 Å². The third kappa shape index (κ3) is 53.2. The van der Waals surface area contributed by atoms with Gasteiger partial charge in [0.05, 0.1) is 0 Å². The van der Waals surface area contributed by atoms with Crippen molar-refractivity contribution in [2.24, 2.45) is 5.92 Å².